The van der Waals surface area contributed by atoms with Crippen molar-refractivity contribution in [1.82, 2.24) is 9.78 Å². The third-order valence-corrected chi connectivity index (χ3v) is 12.3. The standard InChI is InChI=1S/C34H33FN2O3Si/c1-34(2,3)41(27-14-8-6-9-15-27,28-16-10-7-11-17-28)40-31-22-24(21-25-13-12-18-29(35)32(25)31)19-20-26-23-30(33(38)39-5)36-37(26)4/h6-23H,1-5H3. The highest BCUT2D eigenvalue weighted by molar-refractivity contribution is 7.00. The van der Waals surface area contributed by atoms with Crippen LogP contribution in [0.3, 0.4) is 0 Å². The number of fused-ring (bicyclic) bond motifs is 1. The average molecular weight is 565 g/mol. The number of nitrogens with zero attached hydrogens (tertiary/aromatic N) is 2. The van der Waals surface area contributed by atoms with E-state index in [1.54, 1.807) is 23.9 Å². The van der Waals surface area contributed by atoms with Gasteiger partial charge in [-0.2, -0.15) is 5.10 Å². The second kappa shape index (κ2) is 11.2. The molecular weight excluding hydrogens is 531 g/mol. The first kappa shape index (κ1) is 28.1. The van der Waals surface area contributed by atoms with Gasteiger partial charge in [-0.15, -0.1) is 0 Å². The Morgan fingerprint density at radius 3 is 2.10 bits per heavy atom. The van der Waals surface area contributed by atoms with Crippen molar-refractivity contribution in [3.63, 3.8) is 0 Å². The second-order valence-corrected chi connectivity index (χ2v) is 15.2. The zero-order valence-electron chi connectivity index (χ0n) is 23.9. The van der Waals surface area contributed by atoms with E-state index >= 15 is 4.39 Å². The van der Waals surface area contributed by atoms with E-state index in [0.29, 0.717) is 11.1 Å². The van der Waals surface area contributed by atoms with E-state index in [-0.39, 0.29) is 16.5 Å². The molecule has 7 heteroatoms. The predicted molar refractivity (Wildman–Crippen MR) is 166 cm³/mol. The Balaban J connectivity index is 1.70. The number of benzene rings is 4. The van der Waals surface area contributed by atoms with Crippen molar-refractivity contribution in [2.45, 2.75) is 25.8 Å². The number of hydrogen-bond donors (Lipinski definition) is 0. The predicted octanol–water partition coefficient (Wildman–Crippen LogP) is 6.61. The molecule has 0 fully saturated rings. The van der Waals surface area contributed by atoms with Gasteiger partial charge in [0.25, 0.3) is 0 Å². The fourth-order valence-corrected chi connectivity index (χ4v) is 9.80. The lowest BCUT2D eigenvalue weighted by Crippen LogP contribution is -2.68. The van der Waals surface area contributed by atoms with E-state index in [4.69, 9.17) is 9.16 Å². The topological polar surface area (TPSA) is 53.4 Å². The van der Waals surface area contributed by atoms with Crippen LogP contribution in [0.1, 0.15) is 42.5 Å². The van der Waals surface area contributed by atoms with E-state index in [9.17, 15) is 4.79 Å². The van der Waals surface area contributed by atoms with Crippen LogP contribution >= 0.6 is 0 Å². The van der Waals surface area contributed by atoms with Gasteiger partial charge in [0.15, 0.2) is 5.69 Å². The first-order chi connectivity index (χ1) is 19.6. The van der Waals surface area contributed by atoms with Crippen molar-refractivity contribution in [2.24, 2.45) is 7.05 Å². The molecular formula is C34H33FN2O3Si. The number of esters is 1. The van der Waals surface area contributed by atoms with Crippen molar-refractivity contribution < 1.29 is 18.3 Å². The van der Waals surface area contributed by atoms with Crippen molar-refractivity contribution in [1.29, 1.82) is 0 Å². The first-order valence-corrected chi connectivity index (χ1v) is 15.4. The van der Waals surface area contributed by atoms with Crippen LogP contribution in [0.2, 0.25) is 5.04 Å². The average Bonchev–Trinajstić information content (AvgIpc) is 3.34. The minimum atomic E-state index is -3.02. The highest BCUT2D eigenvalue weighted by Gasteiger charge is 2.52. The summed E-state index contributed by atoms with van der Waals surface area (Å²) in [5.74, 6) is -0.336. The van der Waals surface area contributed by atoms with Crippen LogP contribution in [-0.2, 0) is 11.8 Å². The maximum absolute atomic E-state index is 15.5. The van der Waals surface area contributed by atoms with Gasteiger partial charge in [0.2, 0.25) is 0 Å². The van der Waals surface area contributed by atoms with Crippen molar-refractivity contribution >= 4 is 47.6 Å². The maximum Gasteiger partial charge on any atom is 0.358 e. The number of aromatic nitrogens is 2. The quantitative estimate of drug-likeness (QED) is 0.165. The zero-order valence-corrected chi connectivity index (χ0v) is 24.9. The van der Waals surface area contributed by atoms with Gasteiger partial charge in [0.1, 0.15) is 11.6 Å². The van der Waals surface area contributed by atoms with Gasteiger partial charge >= 0.3 is 14.3 Å². The number of carbonyl (C=O) groups is 1. The molecule has 0 aliphatic heterocycles. The Morgan fingerprint density at radius 1 is 0.878 bits per heavy atom. The summed E-state index contributed by atoms with van der Waals surface area (Å²) >= 11 is 0. The Labute approximate surface area is 241 Å². The van der Waals surface area contributed by atoms with E-state index in [2.05, 4.69) is 50.1 Å². The molecule has 0 N–H and O–H groups in total. The normalized spacial score (nSPS) is 12.1. The molecule has 5 nitrogen and oxygen atoms in total. The van der Waals surface area contributed by atoms with Crippen LogP contribution < -0.4 is 14.8 Å². The molecule has 5 rings (SSSR count). The monoisotopic (exact) mass is 564 g/mol. The SMILES string of the molecule is COC(=O)c1cc(C=Cc2cc(O[Si](c3ccccc3)(c3ccccc3)C(C)(C)C)c3c(F)cccc3c2)n(C)n1. The molecule has 0 radical (unpaired) electrons. The van der Waals surface area contributed by atoms with Crippen molar-refractivity contribution in [3.05, 3.63) is 120 Å². The number of carbonyl (C=O) groups excluding carboxylic acids is 1. The number of aryl methyl sites for hydroxylation is 1. The van der Waals surface area contributed by atoms with Gasteiger partial charge in [-0.3, -0.25) is 4.68 Å². The lowest BCUT2D eigenvalue weighted by Gasteiger charge is -2.43. The maximum atomic E-state index is 15.5. The zero-order chi connectivity index (χ0) is 29.2. The number of rotatable bonds is 7. The summed E-state index contributed by atoms with van der Waals surface area (Å²) in [4.78, 5) is 12.0. The number of methoxy groups -OCH3 is 1. The Hall–Kier alpha value is -4.49. The molecule has 4 aromatic carbocycles. The van der Waals surface area contributed by atoms with Crippen LogP contribution in [0.4, 0.5) is 4.39 Å². The number of hydrogen-bond acceptors (Lipinski definition) is 4. The van der Waals surface area contributed by atoms with Crippen molar-refractivity contribution in [2.75, 3.05) is 7.11 Å². The highest BCUT2D eigenvalue weighted by Crippen LogP contribution is 2.40. The number of ether oxygens (including phenoxy) is 1. The molecule has 0 amide bonds. The molecule has 0 aliphatic rings. The third kappa shape index (κ3) is 5.33. The molecule has 208 valence electrons. The van der Waals surface area contributed by atoms with Crippen LogP contribution in [0.25, 0.3) is 22.9 Å². The molecule has 41 heavy (non-hydrogen) atoms. The van der Waals surface area contributed by atoms with Crippen LogP contribution in [0.5, 0.6) is 5.75 Å². The van der Waals surface area contributed by atoms with Gasteiger partial charge in [0.05, 0.1) is 18.2 Å². The van der Waals surface area contributed by atoms with E-state index in [0.717, 1.165) is 27.0 Å². The molecule has 0 bridgehead atoms. The van der Waals surface area contributed by atoms with Gasteiger partial charge in [0, 0.05) is 7.05 Å². The summed E-state index contributed by atoms with van der Waals surface area (Å²) in [6, 6.07) is 31.2. The van der Waals surface area contributed by atoms with Gasteiger partial charge in [-0.05, 0) is 56.7 Å². The molecule has 1 aromatic heterocycles. The molecule has 0 spiro atoms. The Morgan fingerprint density at radius 2 is 1.51 bits per heavy atom. The minimum absolute atomic E-state index is 0.228. The molecule has 0 saturated heterocycles. The summed E-state index contributed by atoms with van der Waals surface area (Å²) in [6.07, 6.45) is 3.78. The molecule has 0 atom stereocenters. The summed E-state index contributed by atoms with van der Waals surface area (Å²) in [5.41, 5.74) is 1.78. The lowest BCUT2D eigenvalue weighted by atomic mass is 10.0. The summed E-state index contributed by atoms with van der Waals surface area (Å²) in [7, 11) is 0.0719. The molecule has 0 aliphatic carbocycles. The lowest BCUT2D eigenvalue weighted by molar-refractivity contribution is 0.0593. The van der Waals surface area contributed by atoms with Crippen LogP contribution in [-0.4, -0.2) is 31.2 Å². The smallest absolute Gasteiger partial charge is 0.358 e. The van der Waals surface area contributed by atoms with Gasteiger partial charge in [-0.25, -0.2) is 9.18 Å². The first-order valence-electron chi connectivity index (χ1n) is 13.5. The van der Waals surface area contributed by atoms with Gasteiger partial charge in [-0.1, -0.05) is 99.6 Å². The second-order valence-electron chi connectivity index (χ2n) is 11.0. The van der Waals surface area contributed by atoms with Crippen LogP contribution in [0, 0.1) is 5.82 Å². The molecule has 1 heterocycles. The number of halogens is 1. The van der Waals surface area contributed by atoms with E-state index in [1.165, 1.54) is 13.2 Å². The van der Waals surface area contributed by atoms with E-state index < -0.39 is 14.3 Å². The fourth-order valence-electron chi connectivity index (χ4n) is 5.38. The Kier molecular flexibility index (Phi) is 7.65. The molecule has 0 unspecified atom stereocenters. The largest absolute Gasteiger partial charge is 0.533 e. The summed E-state index contributed by atoms with van der Waals surface area (Å²) < 4.78 is 29.2. The fraction of sp³-hybridized carbons (Fsp3) is 0.176. The van der Waals surface area contributed by atoms with Gasteiger partial charge < -0.3 is 9.16 Å². The highest BCUT2D eigenvalue weighted by atomic mass is 28.4. The van der Waals surface area contributed by atoms with Crippen LogP contribution in [0.15, 0.2) is 97.1 Å². The molecule has 0 saturated carbocycles. The minimum Gasteiger partial charge on any atom is -0.533 e. The summed E-state index contributed by atoms with van der Waals surface area (Å²) in [5, 5.41) is 7.34. The Bertz CT molecular complexity index is 1680. The van der Waals surface area contributed by atoms with E-state index in [1.807, 2.05) is 66.7 Å². The van der Waals surface area contributed by atoms with Crippen molar-refractivity contribution in [3.8, 4) is 5.75 Å². The third-order valence-electron chi connectivity index (χ3n) is 7.35. The molecule has 5 aromatic rings. The summed E-state index contributed by atoms with van der Waals surface area (Å²) in [6.45, 7) is 6.59.